The van der Waals surface area contributed by atoms with Crippen LogP contribution in [0.25, 0.3) is 0 Å². The molecule has 0 fully saturated rings. The van der Waals surface area contributed by atoms with Crippen LogP contribution < -0.4 is 0 Å². The third-order valence-electron chi connectivity index (χ3n) is 7.02. The molecule has 0 saturated heterocycles. The van der Waals surface area contributed by atoms with E-state index in [4.69, 9.17) is 9.69 Å². The zero-order valence-corrected chi connectivity index (χ0v) is 29.0. The van der Waals surface area contributed by atoms with Gasteiger partial charge >= 0.3 is 153 Å². The fourth-order valence-corrected chi connectivity index (χ4v) is 23.3. The molecule has 3 aliphatic rings. The molecule has 186 valence electrons. The Morgan fingerprint density at radius 3 is 1.58 bits per heavy atom. The van der Waals surface area contributed by atoms with Gasteiger partial charge in [0.05, 0.1) is 0 Å². The van der Waals surface area contributed by atoms with E-state index in [-0.39, 0.29) is 0 Å². The van der Waals surface area contributed by atoms with Gasteiger partial charge in [0, 0.05) is 0 Å². The van der Waals surface area contributed by atoms with E-state index >= 15 is 0 Å². The van der Waals surface area contributed by atoms with Gasteiger partial charge in [-0.3, -0.25) is 0 Å². The Bertz CT molecular complexity index is 482. The minimum absolute atomic E-state index is 0.847. The second-order valence-electron chi connectivity index (χ2n) is 9.67. The predicted octanol–water partition coefficient (Wildman–Crippen LogP) is 11.5. The average molecular weight is 633 g/mol. The Morgan fingerprint density at radius 2 is 1.30 bits per heavy atom. The van der Waals surface area contributed by atoms with Gasteiger partial charge in [0.2, 0.25) is 0 Å². The van der Waals surface area contributed by atoms with Crippen molar-refractivity contribution in [1.82, 2.24) is 0 Å². The van der Waals surface area contributed by atoms with Crippen molar-refractivity contribution in [1.29, 1.82) is 0 Å². The Hall–Kier alpha value is 0.542. The van der Waals surface area contributed by atoms with Gasteiger partial charge in [-0.25, -0.2) is 18.6 Å². The van der Waals surface area contributed by atoms with E-state index in [1.165, 1.54) is 83.5 Å². The molecule has 0 spiro atoms. The molecule has 3 rings (SSSR count). The van der Waals surface area contributed by atoms with Crippen molar-refractivity contribution >= 4 is 28.1 Å². The number of hydrogen-bond acceptors (Lipinski definition) is 0. The molecule has 3 heteroatoms. The summed E-state index contributed by atoms with van der Waals surface area (Å²) in [6.45, 7) is 7.15. The van der Waals surface area contributed by atoms with Crippen LogP contribution in [-0.4, -0.2) is 18.4 Å². The maximum atomic E-state index is 4.76. The molecule has 33 heavy (non-hydrogen) atoms. The summed E-state index contributed by atoms with van der Waals surface area (Å²) in [4.78, 5) is 0. The maximum absolute atomic E-state index is 4.76. The Morgan fingerprint density at radius 1 is 0.758 bits per heavy atom. The third-order valence-corrected chi connectivity index (χ3v) is 24.4. The fourth-order valence-electron chi connectivity index (χ4n) is 5.02. The van der Waals surface area contributed by atoms with Crippen molar-refractivity contribution < 1.29 is 17.3 Å². The van der Waals surface area contributed by atoms with E-state index in [2.05, 4.69) is 75.8 Å². The van der Waals surface area contributed by atoms with Crippen molar-refractivity contribution in [3.8, 4) is 0 Å². The molecular weight excluding hydrogens is 580 g/mol. The predicted molar refractivity (Wildman–Crippen MR) is 152 cm³/mol. The van der Waals surface area contributed by atoms with Gasteiger partial charge in [0.15, 0.2) is 0 Å². The minimum atomic E-state index is -1.91. The number of rotatable bonds is 10. The molecule has 0 heterocycles. The van der Waals surface area contributed by atoms with Crippen LogP contribution in [0.3, 0.4) is 0 Å². The molecule has 0 aromatic rings. The number of halogens is 1. The van der Waals surface area contributed by atoms with Gasteiger partial charge in [0.25, 0.3) is 0 Å². The van der Waals surface area contributed by atoms with Gasteiger partial charge in [-0.15, -0.1) is 12.8 Å². The SMILES string of the molecule is C1=CCCC=C1.C1=CCCC[CH-]1.CCC[CH2][Sn]([CH2]CCC)([CH2]CCC)[CH]1C=CCCC1.[Cl][Zn+]. The molecule has 0 N–H and O–H groups in total. The molecule has 1 unspecified atom stereocenters. The Balaban J connectivity index is 0.000000587. The molecule has 0 amide bonds. The molecule has 0 radical (unpaired) electrons. The zero-order valence-electron chi connectivity index (χ0n) is 22.4. The molecule has 1 atom stereocenters. The standard InChI is InChI=1S/2C6H9.C6H8.3C4H9.ClH.Sn.Zn/c3*1-2-4-6-5-3-1;3*1-3-4-2;;;/h2*1-3H,4-6H2;1-4H,5-6H2;3*1,3-4H2,2H3;1H;;/q;-1;;;;;;;+2/p-1. The number of allylic oxidation sites excluding steroid dienone is 8. The van der Waals surface area contributed by atoms with Crippen LogP contribution in [0.2, 0.25) is 17.2 Å². The van der Waals surface area contributed by atoms with Crippen molar-refractivity contribution in [3.63, 3.8) is 0 Å². The van der Waals surface area contributed by atoms with Gasteiger partial charge in [-0.1, -0.05) is 30.7 Å². The Kier molecular flexibility index (Phi) is 26.1. The first-order valence-corrected chi connectivity index (χ1v) is 25.6. The quantitative estimate of drug-likeness (QED) is 0.128. The zero-order chi connectivity index (χ0) is 24.5. The number of hydrogen-bond donors (Lipinski definition) is 0. The normalized spacial score (nSPS) is 18.7. The summed E-state index contributed by atoms with van der Waals surface area (Å²) in [5.41, 5.74) is 0. The van der Waals surface area contributed by atoms with Gasteiger partial charge in [0.1, 0.15) is 0 Å². The van der Waals surface area contributed by atoms with Crippen LogP contribution in [0.1, 0.15) is 111 Å². The van der Waals surface area contributed by atoms with Crippen molar-refractivity contribution in [3.05, 3.63) is 55.0 Å². The summed E-state index contributed by atoms with van der Waals surface area (Å²) in [5, 5.41) is 0. The molecular formula is C30H53ClSnZn. The van der Waals surface area contributed by atoms with Crippen LogP contribution >= 0.6 is 9.69 Å². The molecule has 0 bridgehead atoms. The summed E-state index contributed by atoms with van der Waals surface area (Å²) in [5.74, 6) is 0. The van der Waals surface area contributed by atoms with Crippen LogP contribution in [0.5, 0.6) is 0 Å². The van der Waals surface area contributed by atoms with Crippen molar-refractivity contribution in [2.24, 2.45) is 0 Å². The van der Waals surface area contributed by atoms with Crippen LogP contribution in [0, 0.1) is 6.42 Å². The second-order valence-corrected chi connectivity index (χ2v) is 23.8. The van der Waals surface area contributed by atoms with Crippen LogP contribution in [0.4, 0.5) is 0 Å². The van der Waals surface area contributed by atoms with Gasteiger partial charge in [-0.2, -0.15) is 0 Å². The molecule has 0 aromatic carbocycles. The first kappa shape index (κ1) is 33.5. The summed E-state index contributed by atoms with van der Waals surface area (Å²) >= 11 is -1.06. The van der Waals surface area contributed by atoms with E-state index in [1.807, 2.05) is 0 Å². The first-order chi connectivity index (χ1) is 16.3. The molecule has 0 nitrogen and oxygen atoms in total. The monoisotopic (exact) mass is 632 g/mol. The van der Waals surface area contributed by atoms with E-state index in [1.54, 1.807) is 19.7 Å². The van der Waals surface area contributed by atoms with E-state index in [0.29, 0.717) is 0 Å². The van der Waals surface area contributed by atoms with Gasteiger partial charge in [-0.05, 0) is 12.8 Å². The van der Waals surface area contributed by atoms with E-state index in [0.717, 1.165) is 21.2 Å². The summed E-state index contributed by atoms with van der Waals surface area (Å²) in [6, 6.07) is 0. The first-order valence-electron chi connectivity index (χ1n) is 14.0. The molecule has 3 aliphatic carbocycles. The van der Waals surface area contributed by atoms with Crippen molar-refractivity contribution in [2.45, 2.75) is 128 Å². The van der Waals surface area contributed by atoms with Gasteiger partial charge < -0.3 is 0 Å². The second kappa shape index (κ2) is 25.6. The molecule has 0 aliphatic heterocycles. The summed E-state index contributed by atoms with van der Waals surface area (Å²) < 4.78 is 6.13. The third kappa shape index (κ3) is 17.6. The summed E-state index contributed by atoms with van der Waals surface area (Å²) in [6.07, 6.45) is 39.9. The van der Waals surface area contributed by atoms with E-state index < -0.39 is 18.4 Å². The van der Waals surface area contributed by atoms with Crippen LogP contribution in [-0.2, 0) is 17.3 Å². The van der Waals surface area contributed by atoms with Crippen LogP contribution in [0.15, 0.2) is 48.6 Å². The molecule has 0 aromatic heterocycles. The molecule has 0 saturated carbocycles. The summed E-state index contributed by atoms with van der Waals surface area (Å²) in [7, 11) is 4.76. The van der Waals surface area contributed by atoms with E-state index in [9.17, 15) is 0 Å². The Labute approximate surface area is 226 Å². The van der Waals surface area contributed by atoms with Crippen molar-refractivity contribution in [2.75, 3.05) is 0 Å². The average Bonchev–Trinajstić information content (AvgIpc) is 2.93. The number of unbranched alkanes of at least 4 members (excludes halogenated alkanes) is 3. The topological polar surface area (TPSA) is 0 Å². The fraction of sp³-hybridized carbons (Fsp3) is 0.700.